The van der Waals surface area contributed by atoms with Crippen molar-refractivity contribution in [2.24, 2.45) is 11.8 Å². The predicted molar refractivity (Wildman–Crippen MR) is 87.9 cm³/mol. The van der Waals surface area contributed by atoms with Crippen LogP contribution in [0.4, 0.5) is 0 Å². The van der Waals surface area contributed by atoms with Crippen LogP contribution in [0.5, 0.6) is 0 Å². The van der Waals surface area contributed by atoms with Gasteiger partial charge in [0.05, 0.1) is 10.6 Å². The van der Waals surface area contributed by atoms with Crippen LogP contribution in [-0.4, -0.2) is 23.9 Å². The van der Waals surface area contributed by atoms with Crippen LogP contribution in [0, 0.1) is 11.8 Å². The summed E-state index contributed by atoms with van der Waals surface area (Å²) in [4.78, 5) is 24.8. The molecule has 0 radical (unpaired) electrons. The number of amides is 2. The zero-order chi connectivity index (χ0) is 16.3. The van der Waals surface area contributed by atoms with Crippen LogP contribution >= 0.6 is 11.6 Å². The first-order valence-electron chi connectivity index (χ1n) is 7.76. The van der Waals surface area contributed by atoms with E-state index in [0.29, 0.717) is 16.5 Å². The number of carbonyl (C=O) groups excluding carboxylic acids is 2. The Kier molecular flexibility index (Phi) is 5.46. The van der Waals surface area contributed by atoms with Gasteiger partial charge in [-0.15, -0.1) is 0 Å². The van der Waals surface area contributed by atoms with Gasteiger partial charge in [-0.3, -0.25) is 9.59 Å². The number of hydrogen-bond acceptors (Lipinski definition) is 2. The quantitative estimate of drug-likeness (QED) is 0.846. The molecule has 0 aromatic heterocycles. The minimum atomic E-state index is -0.565. The highest BCUT2D eigenvalue weighted by molar-refractivity contribution is 6.33. The number of benzene rings is 1. The van der Waals surface area contributed by atoms with Crippen LogP contribution in [0.2, 0.25) is 5.02 Å². The van der Waals surface area contributed by atoms with E-state index in [1.165, 1.54) is 12.8 Å². The Bertz CT molecular complexity index is 555. The predicted octanol–water partition coefficient (Wildman–Crippen LogP) is 3.01. The van der Waals surface area contributed by atoms with Crippen molar-refractivity contribution < 1.29 is 9.59 Å². The molecule has 1 aromatic carbocycles. The van der Waals surface area contributed by atoms with E-state index < -0.39 is 6.04 Å². The second kappa shape index (κ2) is 7.14. The van der Waals surface area contributed by atoms with Crippen molar-refractivity contribution in [1.29, 1.82) is 0 Å². The molecule has 2 N–H and O–H groups in total. The second-order valence-corrected chi connectivity index (χ2v) is 6.72. The largest absolute Gasteiger partial charge is 0.352 e. The standard InChI is InChI=1S/C17H23ClN2O2/c1-10(2)15(17(22)19-11(3)12-8-9-12)20-16(21)13-6-4-5-7-14(13)18/h4-7,10-12,15H,8-9H2,1-3H3,(H,19,22)(H,20,21). The summed E-state index contributed by atoms with van der Waals surface area (Å²) in [7, 11) is 0. The summed E-state index contributed by atoms with van der Waals surface area (Å²) < 4.78 is 0. The van der Waals surface area contributed by atoms with Crippen LogP contribution in [0.3, 0.4) is 0 Å². The Balaban J connectivity index is 2.03. The molecule has 2 atom stereocenters. The molecule has 1 saturated carbocycles. The molecule has 22 heavy (non-hydrogen) atoms. The van der Waals surface area contributed by atoms with Crippen LogP contribution in [0.15, 0.2) is 24.3 Å². The van der Waals surface area contributed by atoms with Gasteiger partial charge in [-0.25, -0.2) is 0 Å². The molecule has 1 fully saturated rings. The molecule has 1 aliphatic carbocycles. The summed E-state index contributed by atoms with van der Waals surface area (Å²) in [6.07, 6.45) is 2.33. The smallest absolute Gasteiger partial charge is 0.253 e. The molecule has 120 valence electrons. The van der Waals surface area contributed by atoms with E-state index in [1.807, 2.05) is 20.8 Å². The molecule has 5 heteroatoms. The van der Waals surface area contributed by atoms with Crippen LogP contribution in [-0.2, 0) is 4.79 Å². The van der Waals surface area contributed by atoms with Crippen molar-refractivity contribution >= 4 is 23.4 Å². The van der Waals surface area contributed by atoms with Gasteiger partial charge in [0.25, 0.3) is 5.91 Å². The fraction of sp³-hybridized carbons (Fsp3) is 0.529. The van der Waals surface area contributed by atoms with Gasteiger partial charge in [-0.2, -0.15) is 0 Å². The SMILES string of the molecule is CC(C)C(NC(=O)c1ccccc1Cl)C(=O)NC(C)C1CC1. The van der Waals surface area contributed by atoms with E-state index in [9.17, 15) is 9.59 Å². The average molecular weight is 323 g/mol. The minimum absolute atomic E-state index is 0.00200. The van der Waals surface area contributed by atoms with Gasteiger partial charge in [0.1, 0.15) is 6.04 Å². The van der Waals surface area contributed by atoms with Crippen molar-refractivity contribution in [3.63, 3.8) is 0 Å². The van der Waals surface area contributed by atoms with E-state index in [0.717, 1.165) is 0 Å². The lowest BCUT2D eigenvalue weighted by Gasteiger charge is -2.24. The summed E-state index contributed by atoms with van der Waals surface area (Å²) in [5, 5.41) is 6.19. The lowest BCUT2D eigenvalue weighted by molar-refractivity contribution is -0.124. The van der Waals surface area contributed by atoms with Gasteiger partial charge in [0.2, 0.25) is 5.91 Å². The maximum Gasteiger partial charge on any atom is 0.253 e. The number of carbonyl (C=O) groups is 2. The third kappa shape index (κ3) is 4.23. The van der Waals surface area contributed by atoms with Crippen molar-refractivity contribution in [3.05, 3.63) is 34.9 Å². The van der Waals surface area contributed by atoms with Crippen molar-refractivity contribution in [1.82, 2.24) is 10.6 Å². The lowest BCUT2D eigenvalue weighted by atomic mass is 10.0. The van der Waals surface area contributed by atoms with E-state index in [2.05, 4.69) is 10.6 Å². The monoisotopic (exact) mass is 322 g/mol. The molecule has 4 nitrogen and oxygen atoms in total. The summed E-state index contributed by atoms with van der Waals surface area (Å²) >= 11 is 6.03. The molecular weight excluding hydrogens is 300 g/mol. The van der Waals surface area contributed by atoms with Crippen molar-refractivity contribution in [2.45, 2.75) is 45.7 Å². The summed E-state index contributed by atoms with van der Waals surface area (Å²) in [5.41, 5.74) is 0.387. The Morgan fingerprint density at radius 1 is 1.14 bits per heavy atom. The molecule has 2 unspecified atom stereocenters. The zero-order valence-electron chi connectivity index (χ0n) is 13.2. The molecule has 0 aliphatic heterocycles. The van der Waals surface area contributed by atoms with Crippen molar-refractivity contribution in [2.75, 3.05) is 0 Å². The molecule has 1 aromatic rings. The summed E-state index contributed by atoms with van der Waals surface area (Å²) in [6.45, 7) is 5.85. The maximum atomic E-state index is 12.4. The summed E-state index contributed by atoms with van der Waals surface area (Å²) in [5.74, 6) is 0.127. The topological polar surface area (TPSA) is 58.2 Å². The molecule has 0 saturated heterocycles. The fourth-order valence-electron chi connectivity index (χ4n) is 2.43. The average Bonchev–Trinajstić information content (AvgIpc) is 3.29. The Hall–Kier alpha value is -1.55. The highest BCUT2D eigenvalue weighted by Gasteiger charge is 2.32. The van der Waals surface area contributed by atoms with Gasteiger partial charge in [0, 0.05) is 6.04 Å². The Morgan fingerprint density at radius 2 is 1.77 bits per heavy atom. The van der Waals surface area contributed by atoms with Gasteiger partial charge >= 0.3 is 0 Å². The molecule has 2 amide bonds. The molecular formula is C17H23ClN2O2. The fourth-order valence-corrected chi connectivity index (χ4v) is 2.65. The minimum Gasteiger partial charge on any atom is -0.352 e. The molecule has 1 aliphatic rings. The highest BCUT2D eigenvalue weighted by atomic mass is 35.5. The Labute approximate surface area is 136 Å². The molecule has 2 rings (SSSR count). The van der Waals surface area contributed by atoms with Crippen LogP contribution < -0.4 is 10.6 Å². The van der Waals surface area contributed by atoms with Gasteiger partial charge in [0.15, 0.2) is 0 Å². The zero-order valence-corrected chi connectivity index (χ0v) is 14.0. The van der Waals surface area contributed by atoms with Crippen LogP contribution in [0.25, 0.3) is 0 Å². The van der Waals surface area contributed by atoms with E-state index in [4.69, 9.17) is 11.6 Å². The molecule has 0 bridgehead atoms. The normalized spacial score (nSPS) is 17.0. The van der Waals surface area contributed by atoms with E-state index in [-0.39, 0.29) is 23.8 Å². The molecule has 0 heterocycles. The van der Waals surface area contributed by atoms with E-state index >= 15 is 0 Å². The first-order valence-corrected chi connectivity index (χ1v) is 8.13. The second-order valence-electron chi connectivity index (χ2n) is 6.31. The van der Waals surface area contributed by atoms with Gasteiger partial charge in [-0.05, 0) is 43.7 Å². The van der Waals surface area contributed by atoms with Crippen LogP contribution in [0.1, 0.15) is 44.0 Å². The Morgan fingerprint density at radius 3 is 2.32 bits per heavy atom. The first-order chi connectivity index (χ1) is 10.4. The number of hydrogen-bond donors (Lipinski definition) is 2. The maximum absolute atomic E-state index is 12.4. The van der Waals surface area contributed by atoms with Crippen molar-refractivity contribution in [3.8, 4) is 0 Å². The molecule has 0 spiro atoms. The third-order valence-corrected chi connectivity index (χ3v) is 4.38. The number of rotatable bonds is 6. The lowest BCUT2D eigenvalue weighted by Crippen LogP contribution is -2.52. The number of nitrogens with one attached hydrogen (secondary N) is 2. The van der Waals surface area contributed by atoms with E-state index in [1.54, 1.807) is 24.3 Å². The third-order valence-electron chi connectivity index (χ3n) is 4.05. The summed E-state index contributed by atoms with van der Waals surface area (Å²) in [6, 6.07) is 6.43. The van der Waals surface area contributed by atoms with Gasteiger partial charge < -0.3 is 10.6 Å². The number of halogens is 1. The first kappa shape index (κ1) is 16.8. The van der Waals surface area contributed by atoms with Gasteiger partial charge in [-0.1, -0.05) is 37.6 Å². The highest BCUT2D eigenvalue weighted by Crippen LogP contribution is 2.32.